The molecular weight excluding hydrogens is 453 g/mol. The highest BCUT2D eigenvalue weighted by molar-refractivity contribution is 7.94. The largest absolute Gasteiger partial charge is 0.279 e. The van der Waals surface area contributed by atoms with Gasteiger partial charge >= 0.3 is 0 Å². The van der Waals surface area contributed by atoms with Gasteiger partial charge in [-0.2, -0.15) is 5.10 Å². The lowest BCUT2D eigenvalue weighted by molar-refractivity contribution is 0.0955. The van der Waals surface area contributed by atoms with Gasteiger partial charge in [0.2, 0.25) is 0 Å². The topological polar surface area (TPSA) is 87.6 Å². The fourth-order valence-electron chi connectivity index (χ4n) is 2.35. The average Bonchev–Trinajstić information content (AvgIpc) is 3.22. The molecule has 0 aliphatic heterocycles. The maximum atomic E-state index is 12.3. The van der Waals surface area contributed by atoms with Gasteiger partial charge in [0.05, 0.1) is 10.7 Å². The summed E-state index contributed by atoms with van der Waals surface area (Å²) in [5, 5.41) is 6.67. The number of benzene rings is 2. The number of hydrogen-bond acceptors (Lipinski definition) is 5. The van der Waals surface area contributed by atoms with Gasteiger partial charge in [-0.05, 0) is 54.8 Å². The van der Waals surface area contributed by atoms with Crippen LogP contribution in [0.25, 0.3) is 0 Å². The smallest absolute Gasteiger partial charge is 0.271 e. The summed E-state index contributed by atoms with van der Waals surface area (Å²) >= 11 is 13.1. The van der Waals surface area contributed by atoms with Crippen molar-refractivity contribution in [1.82, 2.24) is 5.43 Å². The van der Waals surface area contributed by atoms with Gasteiger partial charge in [-0.3, -0.25) is 9.52 Å². The molecule has 0 saturated heterocycles. The summed E-state index contributed by atoms with van der Waals surface area (Å²) in [6.07, 6.45) is 0. The molecule has 0 saturated carbocycles. The van der Waals surface area contributed by atoms with Crippen LogP contribution in [0.1, 0.15) is 22.8 Å². The number of carbonyl (C=O) groups excluding carboxylic acids is 1. The van der Waals surface area contributed by atoms with E-state index in [1.165, 1.54) is 30.3 Å². The van der Waals surface area contributed by atoms with Crippen molar-refractivity contribution >= 4 is 61.9 Å². The van der Waals surface area contributed by atoms with Crippen LogP contribution in [0.2, 0.25) is 10.0 Å². The Kier molecular flexibility index (Phi) is 6.59. The second-order valence-electron chi connectivity index (χ2n) is 5.88. The molecule has 0 aliphatic carbocycles. The Morgan fingerprint density at radius 3 is 2.41 bits per heavy atom. The standard InChI is InChI=1S/C19H15Cl2N3O3S2/c1-12(16-9-6-14(20)11-17(16)21)22-23-19(25)13-4-7-15(8-5-13)24-29(26,27)18-3-2-10-28-18/h2-11,24H,1H3,(H,23,25)/b22-12+. The normalized spacial score (nSPS) is 11.9. The van der Waals surface area contributed by atoms with Crippen LogP contribution in [-0.4, -0.2) is 20.0 Å². The van der Waals surface area contributed by atoms with Crippen molar-refractivity contribution in [2.45, 2.75) is 11.1 Å². The maximum Gasteiger partial charge on any atom is 0.271 e. The molecule has 0 radical (unpaired) electrons. The number of nitrogens with zero attached hydrogens (tertiary/aromatic N) is 1. The lowest BCUT2D eigenvalue weighted by atomic mass is 10.1. The minimum atomic E-state index is -3.64. The van der Waals surface area contributed by atoms with Crippen molar-refractivity contribution in [3.05, 3.63) is 81.1 Å². The predicted octanol–water partition coefficient (Wildman–Crippen LogP) is 5.01. The van der Waals surface area contributed by atoms with Gasteiger partial charge in [-0.15, -0.1) is 11.3 Å². The van der Waals surface area contributed by atoms with E-state index in [9.17, 15) is 13.2 Å². The molecule has 1 amide bonds. The maximum absolute atomic E-state index is 12.3. The second-order valence-corrected chi connectivity index (χ2v) is 9.58. The highest BCUT2D eigenvalue weighted by atomic mass is 35.5. The number of hydrazone groups is 1. The molecule has 6 nitrogen and oxygen atoms in total. The van der Waals surface area contributed by atoms with Crippen LogP contribution in [0.15, 0.2) is 69.3 Å². The van der Waals surface area contributed by atoms with E-state index in [-0.39, 0.29) is 4.21 Å². The lowest BCUT2D eigenvalue weighted by Gasteiger charge is -2.08. The van der Waals surface area contributed by atoms with Gasteiger partial charge in [0.1, 0.15) is 4.21 Å². The Morgan fingerprint density at radius 1 is 1.07 bits per heavy atom. The van der Waals surface area contributed by atoms with Crippen LogP contribution in [0.4, 0.5) is 5.69 Å². The molecule has 3 rings (SSSR count). The molecule has 10 heteroatoms. The molecule has 0 spiro atoms. The average molecular weight is 468 g/mol. The number of rotatable bonds is 6. The number of carbonyl (C=O) groups is 1. The van der Waals surface area contributed by atoms with Crippen LogP contribution < -0.4 is 10.1 Å². The summed E-state index contributed by atoms with van der Waals surface area (Å²) in [6, 6.07) is 14.2. The van der Waals surface area contributed by atoms with Crippen LogP contribution in [0, 0.1) is 0 Å². The Hall–Kier alpha value is -2.39. The summed E-state index contributed by atoms with van der Waals surface area (Å²) in [7, 11) is -3.64. The molecule has 1 aromatic heterocycles. The molecule has 3 aromatic rings. The van der Waals surface area contributed by atoms with Crippen molar-refractivity contribution in [2.24, 2.45) is 5.10 Å². The van der Waals surface area contributed by atoms with Crippen LogP contribution >= 0.6 is 34.5 Å². The molecule has 0 atom stereocenters. The quantitative estimate of drug-likeness (QED) is 0.394. The second kappa shape index (κ2) is 8.96. The first kappa shape index (κ1) is 21.3. The van der Waals surface area contributed by atoms with E-state index >= 15 is 0 Å². The van der Waals surface area contributed by atoms with E-state index in [1.54, 1.807) is 36.6 Å². The molecule has 1 heterocycles. The fourth-order valence-corrected chi connectivity index (χ4v) is 4.95. The summed E-state index contributed by atoms with van der Waals surface area (Å²) in [5.41, 5.74) is 4.28. The SMILES string of the molecule is C/C(=N\NC(=O)c1ccc(NS(=O)(=O)c2cccs2)cc1)c1ccc(Cl)cc1Cl. The highest BCUT2D eigenvalue weighted by Crippen LogP contribution is 2.22. The highest BCUT2D eigenvalue weighted by Gasteiger charge is 2.15. The van der Waals surface area contributed by atoms with Crippen molar-refractivity contribution in [2.75, 3.05) is 4.72 Å². The molecular formula is C19H15Cl2N3O3S2. The van der Waals surface area contributed by atoms with Gasteiger partial charge in [-0.1, -0.05) is 35.3 Å². The van der Waals surface area contributed by atoms with Crippen molar-refractivity contribution in [3.63, 3.8) is 0 Å². The zero-order valence-electron chi connectivity index (χ0n) is 15.0. The first-order valence-corrected chi connectivity index (χ1v) is 11.3. The Morgan fingerprint density at radius 2 is 1.79 bits per heavy atom. The molecule has 0 aliphatic rings. The molecule has 2 N–H and O–H groups in total. The third-order valence-corrected chi connectivity index (χ3v) is 7.13. The van der Waals surface area contributed by atoms with Crippen LogP contribution in [0.3, 0.4) is 0 Å². The minimum Gasteiger partial charge on any atom is -0.279 e. The predicted molar refractivity (Wildman–Crippen MR) is 118 cm³/mol. The minimum absolute atomic E-state index is 0.213. The number of nitrogens with one attached hydrogen (secondary N) is 2. The molecule has 2 aromatic carbocycles. The van der Waals surface area contributed by atoms with E-state index in [0.29, 0.717) is 32.6 Å². The first-order valence-electron chi connectivity index (χ1n) is 8.23. The Labute approximate surface area is 182 Å². The molecule has 0 fully saturated rings. The summed E-state index contributed by atoms with van der Waals surface area (Å²) < 4.78 is 27.1. The zero-order chi connectivity index (χ0) is 21.0. The third kappa shape index (κ3) is 5.36. The Balaban J connectivity index is 1.67. The van der Waals surface area contributed by atoms with Gasteiger partial charge in [0, 0.05) is 21.8 Å². The van der Waals surface area contributed by atoms with Gasteiger partial charge in [0.15, 0.2) is 0 Å². The van der Waals surface area contributed by atoms with E-state index in [1.807, 2.05) is 0 Å². The summed E-state index contributed by atoms with van der Waals surface area (Å²) in [4.78, 5) is 12.3. The van der Waals surface area contributed by atoms with E-state index in [0.717, 1.165) is 11.3 Å². The first-order chi connectivity index (χ1) is 13.8. The van der Waals surface area contributed by atoms with E-state index < -0.39 is 15.9 Å². The van der Waals surface area contributed by atoms with Crippen molar-refractivity contribution < 1.29 is 13.2 Å². The number of hydrogen-bond donors (Lipinski definition) is 2. The van der Waals surface area contributed by atoms with E-state index in [2.05, 4.69) is 15.2 Å². The molecule has 150 valence electrons. The van der Waals surface area contributed by atoms with Gasteiger partial charge < -0.3 is 0 Å². The van der Waals surface area contributed by atoms with Gasteiger partial charge in [0.25, 0.3) is 15.9 Å². The number of halogens is 2. The van der Waals surface area contributed by atoms with E-state index in [4.69, 9.17) is 23.2 Å². The number of amides is 1. The van der Waals surface area contributed by atoms with Gasteiger partial charge in [-0.25, -0.2) is 13.8 Å². The number of thiophene rings is 1. The van der Waals surface area contributed by atoms with Crippen LogP contribution in [0.5, 0.6) is 0 Å². The molecule has 0 bridgehead atoms. The van der Waals surface area contributed by atoms with Crippen molar-refractivity contribution in [3.8, 4) is 0 Å². The molecule has 29 heavy (non-hydrogen) atoms. The molecule has 0 unspecified atom stereocenters. The summed E-state index contributed by atoms with van der Waals surface area (Å²) in [5.74, 6) is -0.443. The fraction of sp³-hybridized carbons (Fsp3) is 0.0526. The monoisotopic (exact) mass is 467 g/mol. The zero-order valence-corrected chi connectivity index (χ0v) is 18.2. The van der Waals surface area contributed by atoms with Crippen molar-refractivity contribution in [1.29, 1.82) is 0 Å². The van der Waals surface area contributed by atoms with Crippen LogP contribution in [-0.2, 0) is 10.0 Å². The lowest BCUT2D eigenvalue weighted by Crippen LogP contribution is -2.19. The number of anilines is 1. The number of sulfonamides is 1. The Bertz CT molecular complexity index is 1160. The third-order valence-electron chi connectivity index (χ3n) is 3.81. The summed E-state index contributed by atoms with van der Waals surface area (Å²) in [6.45, 7) is 1.71.